The highest BCUT2D eigenvalue weighted by molar-refractivity contribution is 9.10. The van der Waals surface area contributed by atoms with Crippen LogP contribution in [0.1, 0.15) is 52.0 Å². The van der Waals surface area contributed by atoms with Gasteiger partial charge in [0, 0.05) is 10.5 Å². The lowest BCUT2D eigenvalue weighted by molar-refractivity contribution is 0.161. The van der Waals surface area contributed by atoms with Crippen molar-refractivity contribution in [3.8, 4) is 0 Å². The maximum Gasteiger partial charge on any atom is 0.124 e. The Balaban J connectivity index is 2.05. The maximum atomic E-state index is 13.2. The van der Waals surface area contributed by atoms with Crippen molar-refractivity contribution < 1.29 is 4.39 Å². The van der Waals surface area contributed by atoms with Crippen LogP contribution >= 0.6 is 15.9 Å². The van der Waals surface area contributed by atoms with Gasteiger partial charge in [0.15, 0.2) is 0 Å². The molecule has 0 saturated heterocycles. The van der Waals surface area contributed by atoms with E-state index in [1.807, 2.05) is 6.07 Å². The van der Waals surface area contributed by atoms with Crippen molar-refractivity contribution in [2.75, 3.05) is 6.54 Å². The predicted octanol–water partition coefficient (Wildman–Crippen LogP) is 5.33. The molecule has 2 rings (SSSR count). The Kier molecular flexibility index (Phi) is 5.84. The van der Waals surface area contributed by atoms with Gasteiger partial charge in [0.25, 0.3) is 0 Å². The van der Waals surface area contributed by atoms with Crippen molar-refractivity contribution in [2.45, 2.75) is 58.9 Å². The second-order valence-corrected chi connectivity index (χ2v) is 7.96. The van der Waals surface area contributed by atoms with Gasteiger partial charge in [-0.15, -0.1) is 0 Å². The van der Waals surface area contributed by atoms with Crippen LogP contribution < -0.4 is 5.32 Å². The van der Waals surface area contributed by atoms with E-state index < -0.39 is 0 Å². The summed E-state index contributed by atoms with van der Waals surface area (Å²) in [5, 5.41) is 3.66. The smallest absolute Gasteiger partial charge is 0.124 e. The Labute approximate surface area is 136 Å². The fourth-order valence-electron chi connectivity index (χ4n) is 3.42. The molecule has 1 aromatic carbocycles. The van der Waals surface area contributed by atoms with Crippen molar-refractivity contribution in [2.24, 2.45) is 11.3 Å². The van der Waals surface area contributed by atoms with Gasteiger partial charge in [-0.25, -0.2) is 4.39 Å². The third kappa shape index (κ3) is 4.79. The molecule has 1 atom stereocenters. The highest BCUT2D eigenvalue weighted by Gasteiger charge is 2.31. The summed E-state index contributed by atoms with van der Waals surface area (Å²) < 4.78 is 14.1. The minimum atomic E-state index is -0.176. The fraction of sp³-hybridized carbons (Fsp3) is 0.667. The second kappa shape index (κ2) is 7.23. The quantitative estimate of drug-likeness (QED) is 0.752. The number of nitrogens with one attached hydrogen (secondary N) is 1. The Bertz CT molecular complexity index is 462. The molecular formula is C18H27BrFN. The van der Waals surface area contributed by atoms with Gasteiger partial charge in [0.2, 0.25) is 0 Å². The van der Waals surface area contributed by atoms with Crippen LogP contribution in [0.15, 0.2) is 22.7 Å². The molecule has 1 nitrogen and oxygen atoms in total. The zero-order chi connectivity index (χ0) is 15.5. The molecule has 3 heteroatoms. The van der Waals surface area contributed by atoms with Gasteiger partial charge in [-0.3, -0.25) is 0 Å². The fourth-order valence-corrected chi connectivity index (χ4v) is 3.93. The zero-order valence-electron chi connectivity index (χ0n) is 13.4. The van der Waals surface area contributed by atoms with E-state index in [4.69, 9.17) is 0 Å². The average Bonchev–Trinajstić information content (AvgIpc) is 2.41. The van der Waals surface area contributed by atoms with E-state index in [0.29, 0.717) is 11.5 Å². The summed E-state index contributed by atoms with van der Waals surface area (Å²) in [5.41, 5.74) is 1.70. The van der Waals surface area contributed by atoms with Crippen molar-refractivity contribution >= 4 is 15.9 Å². The topological polar surface area (TPSA) is 12.0 Å². The van der Waals surface area contributed by atoms with Crippen LogP contribution in [0.4, 0.5) is 4.39 Å². The molecule has 1 saturated carbocycles. The van der Waals surface area contributed by atoms with Gasteiger partial charge < -0.3 is 5.32 Å². The van der Waals surface area contributed by atoms with E-state index in [1.54, 1.807) is 12.1 Å². The van der Waals surface area contributed by atoms with Gasteiger partial charge in [-0.05, 0) is 67.7 Å². The molecule has 1 aromatic rings. The van der Waals surface area contributed by atoms with E-state index >= 15 is 0 Å². The number of hydrogen-bond donors (Lipinski definition) is 1. The average molecular weight is 356 g/mol. The largest absolute Gasteiger partial charge is 0.314 e. The van der Waals surface area contributed by atoms with E-state index in [-0.39, 0.29) is 5.82 Å². The summed E-state index contributed by atoms with van der Waals surface area (Å²) in [7, 11) is 0. The van der Waals surface area contributed by atoms with Crippen LogP contribution in [-0.2, 0) is 6.42 Å². The Morgan fingerprint density at radius 2 is 2.00 bits per heavy atom. The first-order chi connectivity index (χ1) is 9.91. The minimum absolute atomic E-state index is 0.176. The summed E-state index contributed by atoms with van der Waals surface area (Å²) in [6.07, 6.45) is 6.18. The van der Waals surface area contributed by atoms with Crippen molar-refractivity contribution in [3.05, 3.63) is 34.1 Å². The normalized spacial score (nSPS) is 20.4. The van der Waals surface area contributed by atoms with Gasteiger partial charge >= 0.3 is 0 Å². The first-order valence-electron chi connectivity index (χ1n) is 8.08. The first kappa shape index (κ1) is 17.0. The lowest BCUT2D eigenvalue weighted by atomic mass is 9.70. The van der Waals surface area contributed by atoms with Crippen LogP contribution in [-0.4, -0.2) is 12.6 Å². The van der Waals surface area contributed by atoms with Crippen molar-refractivity contribution in [1.29, 1.82) is 0 Å². The highest BCUT2D eigenvalue weighted by atomic mass is 79.9. The third-order valence-corrected chi connectivity index (χ3v) is 5.61. The van der Waals surface area contributed by atoms with Crippen molar-refractivity contribution in [3.63, 3.8) is 0 Å². The van der Waals surface area contributed by atoms with Crippen molar-refractivity contribution in [1.82, 2.24) is 5.32 Å². The molecule has 0 aromatic heterocycles. The molecule has 0 amide bonds. The van der Waals surface area contributed by atoms with Crippen LogP contribution in [0, 0.1) is 17.2 Å². The first-order valence-corrected chi connectivity index (χ1v) is 8.88. The predicted molar refractivity (Wildman–Crippen MR) is 91.0 cm³/mol. The molecule has 21 heavy (non-hydrogen) atoms. The van der Waals surface area contributed by atoms with E-state index in [2.05, 4.69) is 42.0 Å². The second-order valence-electron chi connectivity index (χ2n) is 7.11. The monoisotopic (exact) mass is 355 g/mol. The summed E-state index contributed by atoms with van der Waals surface area (Å²) in [5.74, 6) is 0.556. The van der Waals surface area contributed by atoms with Gasteiger partial charge in [0.05, 0.1) is 0 Å². The summed E-state index contributed by atoms with van der Waals surface area (Å²) in [6.45, 7) is 7.91. The standard InChI is InChI=1S/C18H27BrFN/c1-4-21-17(13-7-9-18(2,3)10-8-13)11-14-5-6-15(20)12-16(14)19/h5-6,12-13,17,21H,4,7-11H2,1-3H3. The molecule has 1 fully saturated rings. The Hall–Kier alpha value is -0.410. The number of hydrogen-bond acceptors (Lipinski definition) is 1. The summed E-state index contributed by atoms with van der Waals surface area (Å²) >= 11 is 3.50. The van der Waals surface area contributed by atoms with Crippen LogP contribution in [0.2, 0.25) is 0 Å². The molecular weight excluding hydrogens is 329 g/mol. The Morgan fingerprint density at radius 3 is 2.57 bits per heavy atom. The molecule has 0 heterocycles. The van der Waals surface area contributed by atoms with E-state index in [0.717, 1.165) is 23.4 Å². The zero-order valence-corrected chi connectivity index (χ0v) is 15.0. The van der Waals surface area contributed by atoms with Gasteiger partial charge in [-0.1, -0.05) is 42.8 Å². The number of rotatable bonds is 5. The van der Waals surface area contributed by atoms with Gasteiger partial charge in [-0.2, -0.15) is 0 Å². The molecule has 1 aliphatic carbocycles. The maximum absolute atomic E-state index is 13.2. The SMILES string of the molecule is CCNC(Cc1ccc(F)cc1Br)C1CCC(C)(C)CC1. The van der Waals surface area contributed by atoms with E-state index in [9.17, 15) is 4.39 Å². The van der Waals surface area contributed by atoms with Crippen LogP contribution in [0.25, 0.3) is 0 Å². The molecule has 0 aliphatic heterocycles. The van der Waals surface area contributed by atoms with Crippen LogP contribution in [0.3, 0.4) is 0 Å². The summed E-state index contributed by atoms with van der Waals surface area (Å²) in [6, 6.07) is 5.54. The number of benzene rings is 1. The third-order valence-electron chi connectivity index (χ3n) is 4.87. The Morgan fingerprint density at radius 1 is 1.33 bits per heavy atom. The lowest BCUT2D eigenvalue weighted by Crippen LogP contribution is -2.40. The van der Waals surface area contributed by atoms with Crippen LogP contribution in [0.5, 0.6) is 0 Å². The molecule has 0 spiro atoms. The van der Waals surface area contributed by atoms with Gasteiger partial charge in [0.1, 0.15) is 5.82 Å². The van der Waals surface area contributed by atoms with E-state index in [1.165, 1.54) is 31.2 Å². The molecule has 1 aliphatic rings. The lowest BCUT2D eigenvalue weighted by Gasteiger charge is -2.38. The molecule has 1 unspecified atom stereocenters. The number of halogens is 2. The highest BCUT2D eigenvalue weighted by Crippen LogP contribution is 2.40. The molecule has 0 radical (unpaired) electrons. The summed E-state index contributed by atoms with van der Waals surface area (Å²) in [4.78, 5) is 0. The molecule has 118 valence electrons. The number of likely N-dealkylation sites (N-methyl/N-ethyl adjacent to an activating group) is 1. The molecule has 0 bridgehead atoms. The molecule has 1 N–H and O–H groups in total. The minimum Gasteiger partial charge on any atom is -0.314 e.